The molecule has 0 saturated carbocycles. The molecule has 0 radical (unpaired) electrons. The van der Waals surface area contributed by atoms with Gasteiger partial charge in [-0.25, -0.2) is 0 Å². The van der Waals surface area contributed by atoms with Crippen molar-refractivity contribution < 1.29 is 14.3 Å². The van der Waals surface area contributed by atoms with Crippen molar-refractivity contribution in [2.75, 3.05) is 39.2 Å². The Kier molecular flexibility index (Phi) is 9.88. The van der Waals surface area contributed by atoms with Gasteiger partial charge in [0.2, 0.25) is 0 Å². The molecular formula is C13H21ClN2O3. The number of carbonyl (C=O) groups excluding carboxylic acids is 1. The summed E-state index contributed by atoms with van der Waals surface area (Å²) < 4.78 is 10.1. The molecule has 1 aromatic rings. The van der Waals surface area contributed by atoms with Gasteiger partial charge in [-0.05, 0) is 24.6 Å². The van der Waals surface area contributed by atoms with Gasteiger partial charge in [-0.2, -0.15) is 0 Å². The maximum absolute atomic E-state index is 11.7. The van der Waals surface area contributed by atoms with Gasteiger partial charge in [-0.3, -0.25) is 4.79 Å². The first-order chi connectivity index (χ1) is 8.74. The molecule has 0 unspecified atom stereocenters. The van der Waals surface area contributed by atoms with E-state index in [1.807, 2.05) is 0 Å². The normalized spacial score (nSPS) is 9.74. The fourth-order valence-corrected chi connectivity index (χ4v) is 1.40. The lowest BCUT2D eigenvalue weighted by atomic mass is 10.2. The zero-order valence-corrected chi connectivity index (χ0v) is 11.9. The number of nitrogens with two attached hydrogens (primary N) is 1. The molecule has 1 amide bonds. The van der Waals surface area contributed by atoms with Gasteiger partial charge in [0.05, 0.1) is 13.2 Å². The number of carbonyl (C=O) groups is 1. The molecule has 19 heavy (non-hydrogen) atoms. The number of hydrogen-bond donors (Lipinski definition) is 2. The highest BCUT2D eigenvalue weighted by Gasteiger charge is 2.04. The number of rotatable bonds is 8. The molecular weight excluding hydrogens is 268 g/mol. The molecule has 1 rings (SSSR count). The van der Waals surface area contributed by atoms with Crippen LogP contribution in [0.15, 0.2) is 24.3 Å². The largest absolute Gasteiger partial charge is 0.399 e. The predicted molar refractivity (Wildman–Crippen MR) is 77.7 cm³/mol. The average Bonchev–Trinajstić information content (AvgIpc) is 2.37. The zero-order valence-electron chi connectivity index (χ0n) is 11.1. The molecule has 5 nitrogen and oxygen atoms in total. The third-order valence-electron chi connectivity index (χ3n) is 2.33. The third-order valence-corrected chi connectivity index (χ3v) is 2.33. The molecule has 0 spiro atoms. The van der Waals surface area contributed by atoms with Crippen LogP contribution < -0.4 is 11.1 Å². The number of ether oxygens (including phenoxy) is 2. The van der Waals surface area contributed by atoms with Gasteiger partial charge in [0.1, 0.15) is 0 Å². The average molecular weight is 289 g/mol. The van der Waals surface area contributed by atoms with Crippen molar-refractivity contribution in [2.45, 2.75) is 6.42 Å². The molecule has 0 aliphatic rings. The van der Waals surface area contributed by atoms with Gasteiger partial charge >= 0.3 is 0 Å². The molecule has 1 aromatic carbocycles. The number of nitrogen functional groups attached to an aromatic ring is 1. The van der Waals surface area contributed by atoms with Crippen molar-refractivity contribution in [2.24, 2.45) is 0 Å². The minimum absolute atomic E-state index is 0. The van der Waals surface area contributed by atoms with Gasteiger partial charge in [0, 0.05) is 31.5 Å². The summed E-state index contributed by atoms with van der Waals surface area (Å²) in [6.45, 7) is 2.37. The Balaban J connectivity index is 0.00000324. The smallest absolute Gasteiger partial charge is 0.251 e. The first kappa shape index (κ1) is 17.7. The van der Waals surface area contributed by atoms with E-state index in [-0.39, 0.29) is 18.3 Å². The standard InChI is InChI=1S/C13H20N2O3.ClH/c1-17-8-9-18-7-3-6-15-13(16)11-4-2-5-12(14)10-11;/h2,4-5,10H,3,6-9,14H2,1H3,(H,15,16);1H. The van der Waals surface area contributed by atoms with Crippen LogP contribution in [0.5, 0.6) is 0 Å². The van der Waals surface area contributed by atoms with Crippen molar-refractivity contribution in [3.05, 3.63) is 29.8 Å². The maximum atomic E-state index is 11.7. The van der Waals surface area contributed by atoms with Crippen molar-refractivity contribution in [1.82, 2.24) is 5.32 Å². The summed E-state index contributed by atoms with van der Waals surface area (Å²) in [6.07, 6.45) is 0.776. The van der Waals surface area contributed by atoms with Crippen LogP contribution in [0.2, 0.25) is 0 Å². The number of benzene rings is 1. The van der Waals surface area contributed by atoms with Gasteiger partial charge in [-0.15, -0.1) is 12.4 Å². The van der Waals surface area contributed by atoms with Gasteiger partial charge in [0.15, 0.2) is 0 Å². The second kappa shape index (κ2) is 10.6. The van der Waals surface area contributed by atoms with E-state index in [0.717, 1.165) is 6.42 Å². The lowest BCUT2D eigenvalue weighted by Gasteiger charge is -2.06. The summed E-state index contributed by atoms with van der Waals surface area (Å²) in [5.74, 6) is -0.112. The van der Waals surface area contributed by atoms with Gasteiger partial charge in [0.25, 0.3) is 5.91 Å². The monoisotopic (exact) mass is 288 g/mol. The van der Waals surface area contributed by atoms with Crippen LogP contribution >= 0.6 is 12.4 Å². The maximum Gasteiger partial charge on any atom is 0.251 e. The number of amides is 1. The molecule has 0 aliphatic carbocycles. The molecule has 108 valence electrons. The highest BCUT2D eigenvalue weighted by atomic mass is 35.5. The Hall–Kier alpha value is -1.30. The van der Waals surface area contributed by atoms with E-state index >= 15 is 0 Å². The van der Waals surface area contributed by atoms with Crippen LogP contribution in [-0.4, -0.2) is 39.4 Å². The van der Waals surface area contributed by atoms with E-state index < -0.39 is 0 Å². The molecule has 0 aromatic heterocycles. The van der Waals surface area contributed by atoms with E-state index in [0.29, 0.717) is 37.6 Å². The van der Waals surface area contributed by atoms with Crippen LogP contribution in [0.1, 0.15) is 16.8 Å². The van der Waals surface area contributed by atoms with Gasteiger partial charge < -0.3 is 20.5 Å². The van der Waals surface area contributed by atoms with E-state index in [1.165, 1.54) is 0 Å². The molecule has 0 heterocycles. The number of hydrogen-bond acceptors (Lipinski definition) is 4. The number of methoxy groups -OCH3 is 1. The second-order valence-electron chi connectivity index (χ2n) is 3.84. The quantitative estimate of drug-likeness (QED) is 0.561. The predicted octanol–water partition coefficient (Wildman–Crippen LogP) is 1.47. The minimum Gasteiger partial charge on any atom is -0.399 e. The minimum atomic E-state index is -0.112. The van der Waals surface area contributed by atoms with E-state index in [1.54, 1.807) is 31.4 Å². The third kappa shape index (κ3) is 7.66. The first-order valence-electron chi connectivity index (χ1n) is 5.94. The molecule has 0 fully saturated rings. The summed E-state index contributed by atoms with van der Waals surface area (Å²) in [5.41, 5.74) is 6.77. The number of nitrogens with one attached hydrogen (secondary N) is 1. The summed E-state index contributed by atoms with van der Waals surface area (Å²) in [5, 5.41) is 2.81. The fraction of sp³-hybridized carbons (Fsp3) is 0.462. The van der Waals surface area contributed by atoms with Crippen LogP contribution in [0.3, 0.4) is 0 Å². The topological polar surface area (TPSA) is 73.6 Å². The lowest BCUT2D eigenvalue weighted by Crippen LogP contribution is -2.25. The van der Waals surface area contributed by atoms with E-state index in [9.17, 15) is 4.79 Å². The van der Waals surface area contributed by atoms with Crippen molar-refractivity contribution in [3.8, 4) is 0 Å². The summed E-state index contributed by atoms with van der Waals surface area (Å²) >= 11 is 0. The van der Waals surface area contributed by atoms with E-state index in [4.69, 9.17) is 15.2 Å². The summed E-state index contributed by atoms with van der Waals surface area (Å²) in [4.78, 5) is 11.7. The lowest BCUT2D eigenvalue weighted by molar-refractivity contribution is 0.0688. The fourth-order valence-electron chi connectivity index (χ4n) is 1.40. The van der Waals surface area contributed by atoms with Gasteiger partial charge in [-0.1, -0.05) is 6.07 Å². The Morgan fingerprint density at radius 2 is 2.11 bits per heavy atom. The van der Waals surface area contributed by atoms with Crippen LogP contribution in [-0.2, 0) is 9.47 Å². The Bertz CT molecular complexity index is 375. The molecule has 3 N–H and O–H groups in total. The Morgan fingerprint density at radius 1 is 1.32 bits per heavy atom. The van der Waals surface area contributed by atoms with E-state index in [2.05, 4.69) is 5.32 Å². The summed E-state index contributed by atoms with van der Waals surface area (Å²) in [7, 11) is 1.63. The first-order valence-corrected chi connectivity index (χ1v) is 5.94. The van der Waals surface area contributed by atoms with Crippen molar-refractivity contribution >= 4 is 24.0 Å². The Labute approximate surface area is 119 Å². The highest BCUT2D eigenvalue weighted by molar-refractivity contribution is 5.94. The second-order valence-corrected chi connectivity index (χ2v) is 3.84. The molecule has 6 heteroatoms. The van der Waals surface area contributed by atoms with Crippen LogP contribution in [0.4, 0.5) is 5.69 Å². The molecule has 0 atom stereocenters. The molecule has 0 bridgehead atoms. The SMILES string of the molecule is COCCOCCCNC(=O)c1cccc(N)c1.Cl. The van der Waals surface area contributed by atoms with Crippen LogP contribution in [0.25, 0.3) is 0 Å². The van der Waals surface area contributed by atoms with Crippen molar-refractivity contribution in [3.63, 3.8) is 0 Å². The van der Waals surface area contributed by atoms with Crippen LogP contribution in [0, 0.1) is 0 Å². The molecule has 0 saturated heterocycles. The van der Waals surface area contributed by atoms with Crippen molar-refractivity contribution in [1.29, 1.82) is 0 Å². The summed E-state index contributed by atoms with van der Waals surface area (Å²) in [6, 6.07) is 6.91. The Morgan fingerprint density at radius 3 is 2.79 bits per heavy atom. The zero-order chi connectivity index (χ0) is 13.2. The number of halogens is 1. The molecule has 0 aliphatic heterocycles. The number of anilines is 1. The highest BCUT2D eigenvalue weighted by Crippen LogP contribution is 2.05.